The monoisotopic (exact) mass is 249 g/mol. The van der Waals surface area contributed by atoms with Crippen LogP contribution in [0.15, 0.2) is 42.5 Å². The zero-order valence-electron chi connectivity index (χ0n) is 9.31. The van der Waals surface area contributed by atoms with Crippen LogP contribution in [0.2, 0.25) is 5.02 Å². The number of hydrogen-bond acceptors (Lipinski definition) is 3. The predicted octanol–water partition coefficient (Wildman–Crippen LogP) is 3.72. The van der Waals surface area contributed by atoms with Gasteiger partial charge in [0.15, 0.2) is 11.5 Å². The molecular weight excluding hydrogens is 238 g/mol. The molecule has 3 nitrogen and oxygen atoms in total. The summed E-state index contributed by atoms with van der Waals surface area (Å²) in [6, 6.07) is 12.5. The van der Waals surface area contributed by atoms with Crippen LogP contribution in [0.3, 0.4) is 0 Å². The molecule has 4 heteroatoms. The van der Waals surface area contributed by atoms with Crippen molar-refractivity contribution in [2.24, 2.45) is 0 Å². The fraction of sp³-hybridized carbons (Fsp3) is 0.0769. The smallest absolute Gasteiger partial charge is 0.169 e. The molecule has 0 aliphatic heterocycles. The fourth-order valence-electron chi connectivity index (χ4n) is 1.42. The summed E-state index contributed by atoms with van der Waals surface area (Å²) in [6.07, 6.45) is 0. The van der Waals surface area contributed by atoms with Gasteiger partial charge in [0.2, 0.25) is 0 Å². The SMILES string of the molecule is COc1ccccc1Oc1ccc(N)cc1Cl. The lowest BCUT2D eigenvalue weighted by Gasteiger charge is -2.11. The van der Waals surface area contributed by atoms with Crippen molar-refractivity contribution in [2.45, 2.75) is 0 Å². The van der Waals surface area contributed by atoms with Crippen molar-refractivity contribution in [3.05, 3.63) is 47.5 Å². The van der Waals surface area contributed by atoms with Crippen LogP contribution < -0.4 is 15.2 Å². The van der Waals surface area contributed by atoms with Gasteiger partial charge in [0.05, 0.1) is 12.1 Å². The average molecular weight is 250 g/mol. The summed E-state index contributed by atoms with van der Waals surface area (Å²) in [7, 11) is 1.59. The Morgan fingerprint density at radius 3 is 2.35 bits per heavy atom. The molecule has 0 amide bonds. The van der Waals surface area contributed by atoms with E-state index in [4.69, 9.17) is 26.8 Å². The Bertz CT molecular complexity index is 529. The zero-order chi connectivity index (χ0) is 12.3. The summed E-state index contributed by atoms with van der Waals surface area (Å²) in [5.74, 6) is 1.81. The van der Waals surface area contributed by atoms with Crippen molar-refractivity contribution in [1.82, 2.24) is 0 Å². The standard InChI is InChI=1S/C13H12ClNO2/c1-16-12-4-2-3-5-13(12)17-11-7-6-9(15)8-10(11)14/h2-8H,15H2,1H3. The first-order chi connectivity index (χ1) is 8.20. The summed E-state index contributed by atoms with van der Waals surface area (Å²) in [5, 5.41) is 0.468. The molecule has 0 saturated carbocycles. The van der Waals surface area contributed by atoms with Crippen LogP contribution in [0.1, 0.15) is 0 Å². The first kappa shape index (κ1) is 11.6. The Morgan fingerprint density at radius 2 is 1.71 bits per heavy atom. The lowest BCUT2D eigenvalue weighted by Crippen LogP contribution is -1.91. The Hall–Kier alpha value is -1.87. The molecule has 88 valence electrons. The van der Waals surface area contributed by atoms with Gasteiger partial charge in [0.1, 0.15) is 5.75 Å². The van der Waals surface area contributed by atoms with Gasteiger partial charge in [-0.15, -0.1) is 0 Å². The lowest BCUT2D eigenvalue weighted by molar-refractivity contribution is 0.379. The molecule has 2 aromatic rings. The Morgan fingerprint density at radius 1 is 1.00 bits per heavy atom. The number of methoxy groups -OCH3 is 1. The van der Waals surface area contributed by atoms with Gasteiger partial charge >= 0.3 is 0 Å². The van der Waals surface area contributed by atoms with Gasteiger partial charge in [-0.3, -0.25) is 0 Å². The largest absolute Gasteiger partial charge is 0.493 e. The van der Waals surface area contributed by atoms with Crippen LogP contribution in [0, 0.1) is 0 Å². The Labute approximate surface area is 105 Å². The molecule has 0 atom stereocenters. The number of rotatable bonds is 3. The van der Waals surface area contributed by atoms with E-state index in [1.165, 1.54) is 0 Å². The van der Waals surface area contributed by atoms with E-state index in [0.29, 0.717) is 28.0 Å². The molecule has 0 aliphatic carbocycles. The number of ether oxygens (including phenoxy) is 2. The number of halogens is 1. The number of hydrogen-bond donors (Lipinski definition) is 1. The molecule has 2 rings (SSSR count). The second-order valence-corrected chi connectivity index (χ2v) is 3.85. The minimum atomic E-state index is 0.468. The van der Waals surface area contributed by atoms with Crippen LogP contribution in [-0.4, -0.2) is 7.11 Å². The normalized spacial score (nSPS) is 10.0. The number of anilines is 1. The third-order valence-corrected chi connectivity index (χ3v) is 2.54. The summed E-state index contributed by atoms with van der Waals surface area (Å²) < 4.78 is 10.9. The first-order valence-corrected chi connectivity index (χ1v) is 5.44. The zero-order valence-corrected chi connectivity index (χ0v) is 10.1. The summed E-state index contributed by atoms with van der Waals surface area (Å²) >= 11 is 6.03. The molecule has 0 aliphatic rings. The maximum absolute atomic E-state index is 6.03. The van der Waals surface area contributed by atoms with Gasteiger partial charge in [-0.1, -0.05) is 23.7 Å². The minimum absolute atomic E-state index is 0.468. The maximum atomic E-state index is 6.03. The predicted molar refractivity (Wildman–Crippen MR) is 68.9 cm³/mol. The van der Waals surface area contributed by atoms with Crippen molar-refractivity contribution in [3.8, 4) is 17.2 Å². The second kappa shape index (κ2) is 4.97. The van der Waals surface area contributed by atoms with E-state index < -0.39 is 0 Å². The van der Waals surface area contributed by atoms with Crippen molar-refractivity contribution in [3.63, 3.8) is 0 Å². The number of nitrogen functional groups attached to an aromatic ring is 1. The van der Waals surface area contributed by atoms with Gasteiger partial charge < -0.3 is 15.2 Å². The van der Waals surface area contributed by atoms with Gasteiger partial charge in [0.25, 0.3) is 0 Å². The second-order valence-electron chi connectivity index (χ2n) is 3.44. The Balaban J connectivity index is 2.31. The van der Waals surface area contributed by atoms with Crippen LogP contribution in [0.25, 0.3) is 0 Å². The highest BCUT2D eigenvalue weighted by molar-refractivity contribution is 6.32. The highest BCUT2D eigenvalue weighted by Crippen LogP contribution is 2.35. The van der Waals surface area contributed by atoms with E-state index in [2.05, 4.69) is 0 Å². The van der Waals surface area contributed by atoms with Crippen molar-refractivity contribution in [1.29, 1.82) is 0 Å². The maximum Gasteiger partial charge on any atom is 0.169 e. The molecule has 17 heavy (non-hydrogen) atoms. The van der Waals surface area contributed by atoms with E-state index in [-0.39, 0.29) is 0 Å². The summed E-state index contributed by atoms with van der Waals surface area (Å²) in [4.78, 5) is 0. The van der Waals surface area contributed by atoms with Crippen LogP contribution in [-0.2, 0) is 0 Å². The molecule has 0 fully saturated rings. The summed E-state index contributed by atoms with van der Waals surface area (Å²) in [6.45, 7) is 0. The third kappa shape index (κ3) is 2.63. The van der Waals surface area contributed by atoms with E-state index in [0.717, 1.165) is 0 Å². The first-order valence-electron chi connectivity index (χ1n) is 5.06. The highest BCUT2D eigenvalue weighted by Gasteiger charge is 2.07. The molecule has 0 radical (unpaired) electrons. The quantitative estimate of drug-likeness (QED) is 0.843. The fourth-order valence-corrected chi connectivity index (χ4v) is 1.65. The molecule has 2 aromatic carbocycles. The van der Waals surface area contributed by atoms with Crippen LogP contribution in [0.5, 0.6) is 17.2 Å². The minimum Gasteiger partial charge on any atom is -0.493 e. The van der Waals surface area contributed by atoms with Crippen LogP contribution >= 0.6 is 11.6 Å². The molecule has 0 saturated heterocycles. The molecule has 2 N–H and O–H groups in total. The number of benzene rings is 2. The lowest BCUT2D eigenvalue weighted by atomic mass is 10.3. The van der Waals surface area contributed by atoms with Crippen molar-refractivity contribution < 1.29 is 9.47 Å². The average Bonchev–Trinajstić information content (AvgIpc) is 2.33. The van der Waals surface area contributed by atoms with Crippen molar-refractivity contribution in [2.75, 3.05) is 12.8 Å². The van der Waals surface area contributed by atoms with Crippen LogP contribution in [0.4, 0.5) is 5.69 Å². The topological polar surface area (TPSA) is 44.5 Å². The number of para-hydroxylation sites is 2. The Kier molecular flexibility index (Phi) is 3.40. The van der Waals surface area contributed by atoms with E-state index in [9.17, 15) is 0 Å². The summed E-state index contributed by atoms with van der Waals surface area (Å²) in [5.41, 5.74) is 6.21. The van der Waals surface area contributed by atoms with E-state index >= 15 is 0 Å². The molecule has 0 spiro atoms. The molecule has 0 unspecified atom stereocenters. The molecular formula is C13H12ClNO2. The highest BCUT2D eigenvalue weighted by atomic mass is 35.5. The van der Waals surface area contributed by atoms with Gasteiger partial charge in [-0.25, -0.2) is 0 Å². The van der Waals surface area contributed by atoms with Gasteiger partial charge in [-0.05, 0) is 30.3 Å². The van der Waals surface area contributed by atoms with E-state index in [1.807, 2.05) is 24.3 Å². The van der Waals surface area contributed by atoms with E-state index in [1.54, 1.807) is 25.3 Å². The molecule has 0 heterocycles. The van der Waals surface area contributed by atoms with Gasteiger partial charge in [-0.2, -0.15) is 0 Å². The number of nitrogens with two attached hydrogens (primary N) is 1. The molecule has 0 aromatic heterocycles. The van der Waals surface area contributed by atoms with Gasteiger partial charge in [0, 0.05) is 5.69 Å². The molecule has 0 bridgehead atoms. The van der Waals surface area contributed by atoms with Crippen molar-refractivity contribution >= 4 is 17.3 Å². The third-order valence-electron chi connectivity index (χ3n) is 2.24.